The molecule has 137 valence electrons. The van der Waals surface area contributed by atoms with Gasteiger partial charge in [-0.3, -0.25) is 4.79 Å². The zero-order valence-electron chi connectivity index (χ0n) is 14.8. The van der Waals surface area contributed by atoms with E-state index in [4.69, 9.17) is 9.52 Å². The maximum atomic E-state index is 10.0. The van der Waals surface area contributed by atoms with Crippen LogP contribution in [0.25, 0.3) is 22.2 Å². The van der Waals surface area contributed by atoms with Crippen LogP contribution < -0.4 is 0 Å². The van der Waals surface area contributed by atoms with Crippen LogP contribution in [0.15, 0.2) is 58.8 Å². The number of aliphatic hydroxyl groups excluding tert-OH is 1. The van der Waals surface area contributed by atoms with Crippen molar-refractivity contribution in [2.24, 2.45) is 0 Å². The zero-order valence-corrected chi connectivity index (χ0v) is 17.2. The Hall–Kier alpha value is -2.67. The number of nitrogens with zero attached hydrogens (tertiary/aromatic N) is 1. The second-order valence-electron chi connectivity index (χ2n) is 5.14. The molecule has 3 aromatic rings. The molecule has 5 heteroatoms. The van der Waals surface area contributed by atoms with Gasteiger partial charge in [0, 0.05) is 31.6 Å². The summed E-state index contributed by atoms with van der Waals surface area (Å²) in [5.41, 5.74) is 2.76. The monoisotopic (exact) mass is 527 g/mol. The van der Waals surface area contributed by atoms with E-state index in [1.54, 1.807) is 6.20 Å². The fraction of sp³-hybridized carbons (Fsp3) is 0.143. The van der Waals surface area contributed by atoms with Crippen molar-refractivity contribution >= 4 is 16.8 Å². The number of terminal acetylenes is 1. The minimum atomic E-state index is -0.125. The number of aliphatic hydroxyl groups is 1. The first kappa shape index (κ1) is 23.3. The van der Waals surface area contributed by atoms with Gasteiger partial charge in [-0.15, -0.1) is 48.7 Å². The third-order valence-corrected chi connectivity index (χ3v) is 2.92. The second kappa shape index (κ2) is 11.8. The van der Waals surface area contributed by atoms with Gasteiger partial charge in [-0.2, -0.15) is 0 Å². The van der Waals surface area contributed by atoms with E-state index in [1.165, 1.54) is 19.9 Å². The van der Waals surface area contributed by atoms with Crippen LogP contribution in [0.3, 0.4) is 0 Å². The first-order chi connectivity index (χ1) is 12.0. The molecule has 0 spiro atoms. The van der Waals surface area contributed by atoms with Gasteiger partial charge in [-0.05, 0) is 32.5 Å². The van der Waals surface area contributed by atoms with Crippen LogP contribution in [0.5, 0.6) is 0 Å². The predicted octanol–water partition coefficient (Wildman–Crippen LogP) is 4.89. The van der Waals surface area contributed by atoms with Gasteiger partial charge in [-0.25, -0.2) is 0 Å². The SMILES string of the molecule is C#C.CC(=O)C=C(C)O.Cc1cc2cc(-c3[c-]cccc3)ncc2o1.[Ir]. The third kappa shape index (κ3) is 7.48. The van der Waals surface area contributed by atoms with Crippen molar-refractivity contribution < 1.29 is 34.4 Å². The van der Waals surface area contributed by atoms with E-state index >= 15 is 0 Å². The molecule has 4 nitrogen and oxygen atoms in total. The Morgan fingerprint density at radius 3 is 2.46 bits per heavy atom. The van der Waals surface area contributed by atoms with Crippen molar-refractivity contribution in [3.8, 4) is 24.1 Å². The number of benzene rings is 1. The van der Waals surface area contributed by atoms with Gasteiger partial charge in [0.2, 0.25) is 0 Å². The van der Waals surface area contributed by atoms with Crippen LogP contribution in [-0.2, 0) is 24.9 Å². The van der Waals surface area contributed by atoms with Gasteiger partial charge in [-0.1, -0.05) is 6.07 Å². The molecule has 0 saturated carbocycles. The molecular formula is C21H20IrNO3-. The van der Waals surface area contributed by atoms with Gasteiger partial charge in [0.15, 0.2) is 11.4 Å². The molecule has 0 saturated heterocycles. The normalized spacial score (nSPS) is 9.81. The number of hydrogen-bond donors (Lipinski definition) is 1. The fourth-order valence-electron chi connectivity index (χ4n) is 2.07. The van der Waals surface area contributed by atoms with E-state index in [-0.39, 0.29) is 31.6 Å². The van der Waals surface area contributed by atoms with Crippen molar-refractivity contribution in [1.29, 1.82) is 0 Å². The average molecular weight is 527 g/mol. The Morgan fingerprint density at radius 2 is 1.96 bits per heavy atom. The first-order valence-electron chi connectivity index (χ1n) is 7.50. The number of aromatic nitrogens is 1. The Bertz CT molecular complexity index is 876. The number of carbonyl (C=O) groups excluding carboxylic acids is 1. The molecule has 0 unspecified atom stereocenters. The van der Waals surface area contributed by atoms with Crippen molar-refractivity contribution in [2.75, 3.05) is 0 Å². The molecule has 0 aliphatic rings. The van der Waals surface area contributed by atoms with Crippen LogP contribution in [0.2, 0.25) is 0 Å². The van der Waals surface area contributed by atoms with Crippen molar-refractivity contribution in [3.63, 3.8) is 0 Å². The maximum absolute atomic E-state index is 10.0. The minimum Gasteiger partial charge on any atom is -0.512 e. The van der Waals surface area contributed by atoms with E-state index in [1.807, 2.05) is 43.3 Å². The second-order valence-corrected chi connectivity index (χ2v) is 5.14. The molecule has 3 rings (SSSR count). The van der Waals surface area contributed by atoms with Gasteiger partial charge >= 0.3 is 0 Å². The molecule has 0 amide bonds. The average Bonchev–Trinajstić information content (AvgIpc) is 2.96. The van der Waals surface area contributed by atoms with Crippen LogP contribution in [0, 0.1) is 25.8 Å². The maximum Gasteiger partial charge on any atom is 0.155 e. The van der Waals surface area contributed by atoms with Gasteiger partial charge in [0.1, 0.15) is 5.76 Å². The molecule has 2 heterocycles. The van der Waals surface area contributed by atoms with Crippen molar-refractivity contribution in [3.05, 3.63) is 66.3 Å². The molecule has 1 aromatic carbocycles. The van der Waals surface area contributed by atoms with Gasteiger partial charge in [0.05, 0.1) is 12.0 Å². The predicted molar refractivity (Wildman–Crippen MR) is 100.0 cm³/mol. The molecule has 0 fully saturated rings. The standard InChI is InChI=1S/C14H10NO.C5H8O2.C2H2.Ir/c1-10-7-12-8-13(15-9-14(12)16-10)11-5-3-2-4-6-11;1-4(6)3-5(2)7;1-2;/h2-5,7-9H,1H3;3,6H,1-2H3;1-2H;/q-1;;;. The van der Waals surface area contributed by atoms with Crippen LogP contribution >= 0.6 is 0 Å². The van der Waals surface area contributed by atoms with E-state index < -0.39 is 0 Å². The molecule has 1 radical (unpaired) electrons. The summed E-state index contributed by atoms with van der Waals surface area (Å²) in [6.07, 6.45) is 10.9. The van der Waals surface area contributed by atoms with E-state index in [2.05, 4.69) is 23.9 Å². The fourth-order valence-corrected chi connectivity index (χ4v) is 2.07. The number of fused-ring (bicyclic) bond motifs is 1. The summed E-state index contributed by atoms with van der Waals surface area (Å²) >= 11 is 0. The Morgan fingerprint density at radius 1 is 1.27 bits per heavy atom. The first-order valence-corrected chi connectivity index (χ1v) is 7.50. The summed E-state index contributed by atoms with van der Waals surface area (Å²) in [5.74, 6) is 0.846. The van der Waals surface area contributed by atoms with Gasteiger partial charge in [0.25, 0.3) is 0 Å². The molecule has 0 atom stereocenters. The number of rotatable bonds is 2. The summed E-state index contributed by atoms with van der Waals surface area (Å²) in [4.78, 5) is 14.4. The van der Waals surface area contributed by atoms with Crippen LogP contribution in [0.1, 0.15) is 19.6 Å². The third-order valence-electron chi connectivity index (χ3n) is 2.92. The van der Waals surface area contributed by atoms with Crippen molar-refractivity contribution in [2.45, 2.75) is 20.8 Å². The molecule has 0 aliphatic heterocycles. The number of carbonyl (C=O) groups is 1. The molecule has 0 aliphatic carbocycles. The number of allylic oxidation sites excluding steroid dienone is 2. The number of ketones is 1. The summed E-state index contributed by atoms with van der Waals surface area (Å²) in [6, 6.07) is 15.0. The van der Waals surface area contributed by atoms with Gasteiger partial charge < -0.3 is 14.5 Å². The van der Waals surface area contributed by atoms with Crippen molar-refractivity contribution in [1.82, 2.24) is 4.98 Å². The molecule has 0 bridgehead atoms. The number of furan rings is 1. The van der Waals surface area contributed by atoms with Crippen LogP contribution in [0.4, 0.5) is 0 Å². The van der Waals surface area contributed by atoms with E-state index in [0.29, 0.717) is 0 Å². The Labute approximate surface area is 167 Å². The Balaban J connectivity index is 0.000000539. The topological polar surface area (TPSA) is 63.3 Å². The molecular weight excluding hydrogens is 506 g/mol. The number of hydrogen-bond acceptors (Lipinski definition) is 4. The summed E-state index contributed by atoms with van der Waals surface area (Å²) in [5, 5.41) is 9.45. The molecule has 26 heavy (non-hydrogen) atoms. The quantitative estimate of drug-likeness (QED) is 0.224. The number of pyridine rings is 1. The zero-order chi connectivity index (χ0) is 18.8. The van der Waals surface area contributed by atoms with E-state index in [0.717, 1.165) is 28.0 Å². The van der Waals surface area contributed by atoms with E-state index in [9.17, 15) is 4.79 Å². The molecule has 1 N–H and O–H groups in total. The minimum absolute atomic E-state index is 0. The Kier molecular flexibility index (Phi) is 10.6. The number of aryl methyl sites for hydroxylation is 1. The smallest absolute Gasteiger partial charge is 0.155 e. The van der Waals surface area contributed by atoms with Crippen LogP contribution in [-0.4, -0.2) is 15.9 Å². The summed E-state index contributed by atoms with van der Waals surface area (Å²) in [6.45, 7) is 4.79. The summed E-state index contributed by atoms with van der Waals surface area (Å²) < 4.78 is 5.49. The molecule has 2 aromatic heterocycles. The summed E-state index contributed by atoms with van der Waals surface area (Å²) in [7, 11) is 0. The largest absolute Gasteiger partial charge is 0.512 e.